The number of nitrogens with zero attached hydrogens (tertiary/aromatic N) is 1. The highest BCUT2D eigenvalue weighted by atomic mass is 32.2. The van der Waals surface area contributed by atoms with E-state index < -0.39 is 16.0 Å². The molecule has 1 aliphatic heterocycles. The van der Waals surface area contributed by atoms with Gasteiger partial charge in [0.15, 0.2) is 0 Å². The molecule has 0 aliphatic carbocycles. The van der Waals surface area contributed by atoms with Gasteiger partial charge in [-0.3, -0.25) is 9.52 Å². The van der Waals surface area contributed by atoms with Crippen LogP contribution in [0.3, 0.4) is 0 Å². The number of hydrogen-bond acceptors (Lipinski definition) is 7. The van der Waals surface area contributed by atoms with Gasteiger partial charge in [0.05, 0.1) is 23.8 Å². The zero-order valence-electron chi connectivity index (χ0n) is 15.8. The van der Waals surface area contributed by atoms with Crippen LogP contribution in [0.1, 0.15) is 30.1 Å². The van der Waals surface area contributed by atoms with Gasteiger partial charge in [0.25, 0.3) is 10.0 Å². The van der Waals surface area contributed by atoms with Gasteiger partial charge in [-0.1, -0.05) is 6.07 Å². The molecule has 1 fully saturated rings. The van der Waals surface area contributed by atoms with Crippen molar-refractivity contribution in [2.75, 3.05) is 29.3 Å². The predicted molar refractivity (Wildman–Crippen MR) is 110 cm³/mol. The van der Waals surface area contributed by atoms with Gasteiger partial charge in [0.2, 0.25) is 0 Å². The molecule has 1 aromatic carbocycles. The number of aromatic carboxylic acids is 1. The number of carboxylic acid groups (broad SMARTS) is 1. The fourth-order valence-electron chi connectivity index (χ4n) is 3.32. The number of carbonyl (C=O) groups excluding carboxylic acids is 1. The molecule has 0 saturated carbocycles. The normalized spacial score (nSPS) is 17.0. The van der Waals surface area contributed by atoms with Crippen molar-refractivity contribution in [2.45, 2.75) is 24.0 Å². The summed E-state index contributed by atoms with van der Waals surface area (Å²) in [5, 5.41) is 11.3. The third-order valence-electron chi connectivity index (χ3n) is 4.62. The quantitative estimate of drug-likeness (QED) is 0.639. The first-order valence-electron chi connectivity index (χ1n) is 9.17. The molecule has 1 aliphatic rings. The topological polar surface area (TPSA) is 113 Å². The maximum Gasteiger partial charge on any atom is 0.337 e. The molecule has 29 heavy (non-hydrogen) atoms. The molecule has 2 N–H and O–H groups in total. The Morgan fingerprint density at radius 1 is 1.34 bits per heavy atom. The van der Waals surface area contributed by atoms with Crippen molar-refractivity contribution in [3.05, 3.63) is 41.3 Å². The summed E-state index contributed by atoms with van der Waals surface area (Å²) in [6.45, 7) is 3.02. The van der Waals surface area contributed by atoms with E-state index in [-0.39, 0.29) is 27.3 Å². The highest BCUT2D eigenvalue weighted by Crippen LogP contribution is 2.30. The summed E-state index contributed by atoms with van der Waals surface area (Å²) in [6, 6.07) is 7.50. The molecule has 1 saturated heterocycles. The second-order valence-electron chi connectivity index (χ2n) is 6.61. The zero-order valence-corrected chi connectivity index (χ0v) is 17.5. The van der Waals surface area contributed by atoms with E-state index in [0.717, 1.165) is 17.8 Å². The third-order valence-corrected chi connectivity index (χ3v) is 7.40. The molecule has 0 bridgehead atoms. The lowest BCUT2D eigenvalue weighted by molar-refractivity contribution is -0.148. The summed E-state index contributed by atoms with van der Waals surface area (Å²) in [5.41, 5.74) is 0.588. The number of sulfonamides is 1. The van der Waals surface area contributed by atoms with Gasteiger partial charge in [-0.05, 0) is 49.4 Å². The summed E-state index contributed by atoms with van der Waals surface area (Å²) < 4.78 is 32.5. The van der Waals surface area contributed by atoms with Crippen LogP contribution in [0.25, 0.3) is 0 Å². The maximum absolute atomic E-state index is 12.4. The largest absolute Gasteiger partial charge is 0.478 e. The maximum atomic E-state index is 12.4. The number of esters is 1. The standard InChI is InChI=1S/C19H22N2O6S2/c1-2-27-19(24)13-5-3-9-21(12-13)16-8-7-14(11-15(16)18(22)23)20-29(25,26)17-6-4-10-28-17/h4,6-8,10-11,13,20H,2-3,5,9,12H2,1H3,(H,22,23). The molecular formula is C19H22N2O6S2. The van der Waals surface area contributed by atoms with Crippen LogP contribution in [0.15, 0.2) is 39.9 Å². The van der Waals surface area contributed by atoms with Crippen molar-refractivity contribution in [1.82, 2.24) is 0 Å². The summed E-state index contributed by atoms with van der Waals surface area (Å²) >= 11 is 1.07. The molecule has 2 aromatic rings. The molecule has 0 amide bonds. The number of rotatable bonds is 7. The average molecular weight is 439 g/mol. The zero-order chi connectivity index (χ0) is 21.0. The van der Waals surface area contributed by atoms with E-state index in [9.17, 15) is 23.1 Å². The molecule has 1 atom stereocenters. The van der Waals surface area contributed by atoms with Crippen LogP contribution < -0.4 is 9.62 Å². The Morgan fingerprint density at radius 3 is 2.79 bits per heavy atom. The molecule has 10 heteroatoms. The Hall–Kier alpha value is -2.59. The van der Waals surface area contributed by atoms with Crippen LogP contribution in [0.5, 0.6) is 0 Å². The highest BCUT2D eigenvalue weighted by Gasteiger charge is 2.29. The monoisotopic (exact) mass is 438 g/mol. The Labute approximate surface area is 173 Å². The van der Waals surface area contributed by atoms with Gasteiger partial charge in [0.1, 0.15) is 4.21 Å². The van der Waals surface area contributed by atoms with E-state index in [1.807, 2.05) is 4.90 Å². The summed E-state index contributed by atoms with van der Waals surface area (Å²) in [5.74, 6) is -1.77. The van der Waals surface area contributed by atoms with Gasteiger partial charge >= 0.3 is 11.9 Å². The van der Waals surface area contributed by atoms with Crippen LogP contribution in [0.4, 0.5) is 11.4 Å². The number of carbonyl (C=O) groups is 2. The molecule has 0 spiro atoms. The van der Waals surface area contributed by atoms with Crippen LogP contribution in [0.2, 0.25) is 0 Å². The van der Waals surface area contributed by atoms with E-state index in [0.29, 0.717) is 31.8 Å². The van der Waals surface area contributed by atoms with E-state index in [2.05, 4.69) is 4.72 Å². The molecule has 0 radical (unpaired) electrons. The van der Waals surface area contributed by atoms with Crippen molar-refractivity contribution in [2.24, 2.45) is 5.92 Å². The lowest BCUT2D eigenvalue weighted by atomic mass is 9.97. The van der Waals surface area contributed by atoms with E-state index >= 15 is 0 Å². The van der Waals surface area contributed by atoms with Crippen molar-refractivity contribution in [1.29, 1.82) is 0 Å². The highest BCUT2D eigenvalue weighted by molar-refractivity contribution is 7.94. The minimum atomic E-state index is -3.78. The lowest BCUT2D eigenvalue weighted by Crippen LogP contribution is -2.40. The molecular weight excluding hydrogens is 416 g/mol. The fraction of sp³-hybridized carbons (Fsp3) is 0.368. The Bertz CT molecular complexity index is 988. The van der Waals surface area contributed by atoms with E-state index in [1.54, 1.807) is 24.4 Å². The molecule has 1 aromatic heterocycles. The summed E-state index contributed by atoms with van der Waals surface area (Å²) in [4.78, 5) is 25.8. The van der Waals surface area contributed by atoms with Crippen LogP contribution >= 0.6 is 11.3 Å². The van der Waals surface area contributed by atoms with Crippen molar-refractivity contribution in [3.63, 3.8) is 0 Å². The number of carboxylic acids is 1. The minimum Gasteiger partial charge on any atom is -0.478 e. The number of nitrogens with one attached hydrogen (secondary N) is 1. The smallest absolute Gasteiger partial charge is 0.337 e. The molecule has 3 rings (SSSR count). The number of piperidine rings is 1. The van der Waals surface area contributed by atoms with Crippen molar-refractivity contribution < 1.29 is 27.9 Å². The Kier molecular flexibility index (Phi) is 6.43. The number of anilines is 2. The van der Waals surface area contributed by atoms with Gasteiger partial charge in [-0.2, -0.15) is 0 Å². The average Bonchev–Trinajstić information content (AvgIpc) is 3.24. The number of benzene rings is 1. The van der Waals surface area contributed by atoms with E-state index in [1.165, 1.54) is 18.2 Å². The Balaban J connectivity index is 1.85. The van der Waals surface area contributed by atoms with Crippen LogP contribution in [-0.2, 0) is 19.6 Å². The number of thiophene rings is 1. The SMILES string of the molecule is CCOC(=O)C1CCCN(c2ccc(NS(=O)(=O)c3cccs3)cc2C(=O)O)C1. The minimum absolute atomic E-state index is 0.0270. The number of hydrogen-bond donors (Lipinski definition) is 2. The van der Waals surface area contributed by atoms with E-state index in [4.69, 9.17) is 4.74 Å². The van der Waals surface area contributed by atoms with Crippen molar-refractivity contribution >= 4 is 44.7 Å². The van der Waals surface area contributed by atoms with Gasteiger partial charge < -0.3 is 14.7 Å². The first-order chi connectivity index (χ1) is 13.8. The first kappa shape index (κ1) is 21.1. The second kappa shape index (κ2) is 8.83. The summed E-state index contributed by atoms with van der Waals surface area (Å²) in [6.07, 6.45) is 1.42. The Morgan fingerprint density at radius 2 is 2.14 bits per heavy atom. The third kappa shape index (κ3) is 4.88. The molecule has 1 unspecified atom stereocenters. The molecule has 156 valence electrons. The van der Waals surface area contributed by atoms with Gasteiger partial charge in [-0.15, -0.1) is 11.3 Å². The summed E-state index contributed by atoms with van der Waals surface area (Å²) in [7, 11) is -3.78. The van der Waals surface area contributed by atoms with Crippen LogP contribution in [0, 0.1) is 5.92 Å². The van der Waals surface area contributed by atoms with Gasteiger partial charge in [-0.25, -0.2) is 13.2 Å². The first-order valence-corrected chi connectivity index (χ1v) is 11.5. The predicted octanol–water partition coefficient (Wildman–Crippen LogP) is 3.03. The van der Waals surface area contributed by atoms with Crippen LogP contribution in [-0.4, -0.2) is 45.2 Å². The molecule has 2 heterocycles. The van der Waals surface area contributed by atoms with Crippen molar-refractivity contribution in [3.8, 4) is 0 Å². The fourth-order valence-corrected chi connectivity index (χ4v) is 5.36. The number of ether oxygens (including phenoxy) is 1. The second-order valence-corrected chi connectivity index (χ2v) is 9.47. The molecule has 8 nitrogen and oxygen atoms in total. The lowest BCUT2D eigenvalue weighted by Gasteiger charge is -2.34. The van der Waals surface area contributed by atoms with Gasteiger partial charge in [0, 0.05) is 18.8 Å².